The number of nitrogens with zero attached hydrogens (tertiary/aromatic N) is 2. The monoisotopic (exact) mass is 328 g/mol. The van der Waals surface area contributed by atoms with Gasteiger partial charge in [-0.25, -0.2) is 13.9 Å². The summed E-state index contributed by atoms with van der Waals surface area (Å²) in [5.74, 6) is -0.507. The molecule has 4 nitrogen and oxygen atoms in total. The first-order valence-electron chi connectivity index (χ1n) is 6.93. The molecule has 0 N–H and O–H groups in total. The van der Waals surface area contributed by atoms with Crippen molar-refractivity contribution >= 4 is 33.5 Å². The summed E-state index contributed by atoms with van der Waals surface area (Å²) >= 11 is 5.87. The van der Waals surface area contributed by atoms with Crippen molar-refractivity contribution in [2.75, 3.05) is 0 Å². The van der Waals surface area contributed by atoms with Gasteiger partial charge in [0.25, 0.3) is 0 Å². The number of benzene rings is 2. The van der Waals surface area contributed by atoms with Gasteiger partial charge in [0.15, 0.2) is 0 Å². The predicted octanol–water partition coefficient (Wildman–Crippen LogP) is 4.23. The Hall–Kier alpha value is -2.66. The van der Waals surface area contributed by atoms with E-state index in [-0.39, 0.29) is 5.02 Å². The van der Waals surface area contributed by atoms with E-state index < -0.39 is 11.4 Å². The minimum absolute atomic E-state index is 0.00364. The highest BCUT2D eigenvalue weighted by Crippen LogP contribution is 2.28. The Morgan fingerprint density at radius 1 is 1.22 bits per heavy atom. The van der Waals surface area contributed by atoms with Crippen LogP contribution in [0.3, 0.4) is 0 Å². The van der Waals surface area contributed by atoms with Gasteiger partial charge >= 0.3 is 5.63 Å². The molecule has 0 radical (unpaired) electrons. The Morgan fingerprint density at radius 3 is 2.78 bits per heavy atom. The zero-order valence-electron chi connectivity index (χ0n) is 12.0. The van der Waals surface area contributed by atoms with Gasteiger partial charge in [0.05, 0.1) is 21.9 Å². The van der Waals surface area contributed by atoms with Crippen molar-refractivity contribution in [3.05, 3.63) is 69.4 Å². The summed E-state index contributed by atoms with van der Waals surface area (Å²) in [7, 11) is 0. The van der Waals surface area contributed by atoms with Crippen molar-refractivity contribution in [1.82, 2.24) is 9.78 Å². The van der Waals surface area contributed by atoms with Crippen LogP contribution in [0.25, 0.3) is 27.6 Å². The molecule has 114 valence electrons. The van der Waals surface area contributed by atoms with Crippen molar-refractivity contribution in [3.8, 4) is 5.69 Å². The summed E-state index contributed by atoms with van der Waals surface area (Å²) in [5.41, 5.74) is 1.76. The summed E-state index contributed by atoms with van der Waals surface area (Å²) in [6.07, 6.45) is 0. The molecule has 4 rings (SSSR count). The molecule has 2 aromatic heterocycles. The van der Waals surface area contributed by atoms with E-state index in [1.807, 2.05) is 12.1 Å². The summed E-state index contributed by atoms with van der Waals surface area (Å²) in [5, 5.41) is 5.57. The number of para-hydroxylation sites is 1. The molecular weight excluding hydrogens is 319 g/mol. The Labute approximate surface area is 134 Å². The standard InChI is InChI=1S/C17H10ClFN2O2/c1-9-15-16(11-4-2-3-5-14(11)23-17(15)22)21(20-9)10-6-7-13(19)12(18)8-10/h2-8H,1H3. The van der Waals surface area contributed by atoms with Crippen LogP contribution in [0.5, 0.6) is 0 Å². The third-order valence-corrected chi connectivity index (χ3v) is 4.05. The summed E-state index contributed by atoms with van der Waals surface area (Å²) in [4.78, 5) is 12.3. The van der Waals surface area contributed by atoms with Crippen molar-refractivity contribution in [2.24, 2.45) is 0 Å². The lowest BCUT2D eigenvalue weighted by Crippen LogP contribution is -2.02. The molecule has 0 spiro atoms. The van der Waals surface area contributed by atoms with Gasteiger partial charge in [-0.2, -0.15) is 5.10 Å². The topological polar surface area (TPSA) is 48.0 Å². The summed E-state index contributed by atoms with van der Waals surface area (Å²) in [6.45, 7) is 1.73. The van der Waals surface area contributed by atoms with E-state index in [1.165, 1.54) is 12.1 Å². The average molecular weight is 329 g/mol. The number of hydrogen-bond donors (Lipinski definition) is 0. The number of hydrogen-bond acceptors (Lipinski definition) is 3. The largest absolute Gasteiger partial charge is 0.422 e. The first-order valence-corrected chi connectivity index (χ1v) is 7.30. The van der Waals surface area contributed by atoms with Gasteiger partial charge in [-0.1, -0.05) is 23.7 Å². The smallest absolute Gasteiger partial charge is 0.347 e. The Bertz CT molecular complexity index is 1130. The molecule has 2 heterocycles. The van der Waals surface area contributed by atoms with Gasteiger partial charge in [-0.3, -0.25) is 0 Å². The lowest BCUT2D eigenvalue weighted by Gasteiger charge is -2.06. The minimum Gasteiger partial charge on any atom is -0.422 e. The van der Waals surface area contributed by atoms with Crippen molar-refractivity contribution in [2.45, 2.75) is 6.92 Å². The highest BCUT2D eigenvalue weighted by atomic mass is 35.5. The highest BCUT2D eigenvalue weighted by Gasteiger charge is 2.17. The highest BCUT2D eigenvalue weighted by molar-refractivity contribution is 6.30. The minimum atomic E-state index is -0.507. The van der Waals surface area contributed by atoms with Crippen LogP contribution in [-0.2, 0) is 0 Å². The molecule has 0 fully saturated rings. The number of halogens is 2. The third-order valence-electron chi connectivity index (χ3n) is 3.76. The Kier molecular flexibility index (Phi) is 2.99. The van der Waals surface area contributed by atoms with Crippen LogP contribution in [0.4, 0.5) is 4.39 Å². The number of aryl methyl sites for hydroxylation is 1. The zero-order valence-corrected chi connectivity index (χ0v) is 12.8. The van der Waals surface area contributed by atoms with Crippen LogP contribution < -0.4 is 5.63 Å². The first-order chi connectivity index (χ1) is 11.1. The Morgan fingerprint density at radius 2 is 2.00 bits per heavy atom. The van der Waals surface area contributed by atoms with Crippen LogP contribution in [-0.4, -0.2) is 9.78 Å². The maximum Gasteiger partial charge on any atom is 0.347 e. The molecule has 0 atom stereocenters. The van der Waals surface area contributed by atoms with Gasteiger partial charge in [-0.15, -0.1) is 0 Å². The molecular formula is C17H10ClFN2O2. The molecule has 0 aliphatic rings. The molecule has 0 unspecified atom stereocenters. The van der Waals surface area contributed by atoms with Gasteiger partial charge in [0.2, 0.25) is 0 Å². The van der Waals surface area contributed by atoms with E-state index in [4.69, 9.17) is 16.0 Å². The van der Waals surface area contributed by atoms with Gasteiger partial charge < -0.3 is 4.42 Å². The molecule has 23 heavy (non-hydrogen) atoms. The first kappa shape index (κ1) is 14.0. The van der Waals surface area contributed by atoms with E-state index in [9.17, 15) is 9.18 Å². The van der Waals surface area contributed by atoms with Crippen LogP contribution in [0.1, 0.15) is 5.69 Å². The van der Waals surface area contributed by atoms with Crippen molar-refractivity contribution in [3.63, 3.8) is 0 Å². The number of fused-ring (bicyclic) bond motifs is 3. The van der Waals surface area contributed by atoms with Crippen molar-refractivity contribution < 1.29 is 8.81 Å². The fraction of sp³-hybridized carbons (Fsp3) is 0.0588. The van der Waals surface area contributed by atoms with Crippen LogP contribution >= 0.6 is 11.6 Å². The molecule has 4 aromatic rings. The lowest BCUT2D eigenvalue weighted by atomic mass is 10.1. The molecule has 0 saturated heterocycles. The number of rotatable bonds is 1. The van der Waals surface area contributed by atoms with Gasteiger partial charge in [0, 0.05) is 5.39 Å². The van der Waals surface area contributed by atoms with E-state index >= 15 is 0 Å². The van der Waals surface area contributed by atoms with E-state index in [0.717, 1.165) is 5.39 Å². The molecule has 0 bridgehead atoms. The van der Waals surface area contributed by atoms with E-state index in [1.54, 1.807) is 29.8 Å². The lowest BCUT2D eigenvalue weighted by molar-refractivity contribution is 0.569. The second-order valence-electron chi connectivity index (χ2n) is 5.20. The van der Waals surface area contributed by atoms with Crippen LogP contribution in [0.15, 0.2) is 51.7 Å². The molecule has 0 saturated carbocycles. The van der Waals surface area contributed by atoms with Gasteiger partial charge in [0.1, 0.15) is 16.8 Å². The van der Waals surface area contributed by atoms with Crippen LogP contribution in [0.2, 0.25) is 5.02 Å². The quantitative estimate of drug-likeness (QED) is 0.491. The maximum atomic E-state index is 13.4. The van der Waals surface area contributed by atoms with E-state index in [0.29, 0.717) is 27.9 Å². The summed E-state index contributed by atoms with van der Waals surface area (Å²) in [6, 6.07) is 11.5. The second-order valence-corrected chi connectivity index (χ2v) is 5.61. The summed E-state index contributed by atoms with van der Waals surface area (Å²) < 4.78 is 20.4. The second kappa shape index (κ2) is 4.93. The van der Waals surface area contributed by atoms with Crippen molar-refractivity contribution in [1.29, 1.82) is 0 Å². The van der Waals surface area contributed by atoms with Gasteiger partial charge in [-0.05, 0) is 37.3 Å². The fourth-order valence-corrected chi connectivity index (χ4v) is 2.90. The normalized spacial score (nSPS) is 11.4. The molecule has 6 heteroatoms. The molecule has 0 aliphatic heterocycles. The molecule has 2 aromatic carbocycles. The maximum absolute atomic E-state index is 13.4. The van der Waals surface area contributed by atoms with E-state index in [2.05, 4.69) is 5.10 Å². The molecule has 0 aliphatic carbocycles. The molecule has 0 amide bonds. The SMILES string of the molecule is Cc1nn(-c2ccc(F)c(Cl)c2)c2c1c(=O)oc1ccccc12. The number of aromatic nitrogens is 2. The fourth-order valence-electron chi connectivity index (χ4n) is 2.73. The zero-order chi connectivity index (χ0) is 16.1. The predicted molar refractivity (Wildman–Crippen MR) is 86.8 cm³/mol. The Balaban J connectivity index is 2.19. The average Bonchev–Trinajstić information content (AvgIpc) is 2.89. The van der Waals surface area contributed by atoms with Crippen LogP contribution in [0, 0.1) is 12.7 Å². The third kappa shape index (κ3) is 2.04.